The number of rotatable bonds is 4. The highest BCUT2D eigenvalue weighted by Crippen LogP contribution is 2.47. The van der Waals surface area contributed by atoms with E-state index in [1.54, 1.807) is 0 Å². The molecule has 11 aromatic rings. The summed E-state index contributed by atoms with van der Waals surface area (Å²) in [5, 5.41) is 7.68. The molecule has 0 amide bonds. The smallest absolute Gasteiger partial charge is 0.0619 e. The van der Waals surface area contributed by atoms with Crippen LogP contribution in [0.5, 0.6) is 0 Å². The maximum atomic E-state index is 2.46. The molecule has 2 nitrogen and oxygen atoms in total. The molecule has 0 radical (unpaired) electrons. The molecule has 0 aliphatic heterocycles. The zero-order valence-electron chi connectivity index (χ0n) is 27.6. The monoisotopic (exact) mass is 666 g/mol. The van der Waals surface area contributed by atoms with Gasteiger partial charge in [0.15, 0.2) is 0 Å². The van der Waals surface area contributed by atoms with Crippen LogP contribution < -0.4 is 0 Å². The van der Waals surface area contributed by atoms with Gasteiger partial charge in [-0.2, -0.15) is 0 Å². The molecule has 0 bridgehead atoms. The first-order valence-electron chi connectivity index (χ1n) is 17.4. The lowest BCUT2D eigenvalue weighted by Gasteiger charge is -2.15. The van der Waals surface area contributed by atoms with Crippen LogP contribution in [0.4, 0.5) is 0 Å². The Bertz CT molecular complexity index is 3130. The van der Waals surface area contributed by atoms with E-state index in [0.29, 0.717) is 0 Å². The Labute approximate surface area is 298 Å². The maximum Gasteiger partial charge on any atom is 0.0619 e. The van der Waals surface area contributed by atoms with Gasteiger partial charge in [0.2, 0.25) is 0 Å². The van der Waals surface area contributed by atoms with Crippen molar-refractivity contribution < 1.29 is 0 Å². The molecule has 0 saturated carbocycles. The van der Waals surface area contributed by atoms with Crippen LogP contribution in [-0.4, -0.2) is 9.13 Å². The molecule has 0 aliphatic carbocycles. The van der Waals surface area contributed by atoms with E-state index in [-0.39, 0.29) is 0 Å². The second kappa shape index (κ2) is 11.0. The van der Waals surface area contributed by atoms with Gasteiger partial charge in [-0.05, 0) is 77.4 Å². The summed E-state index contributed by atoms with van der Waals surface area (Å²) in [4.78, 5) is 0. The molecule has 11 rings (SSSR count). The topological polar surface area (TPSA) is 9.86 Å². The molecule has 3 aromatic heterocycles. The van der Waals surface area contributed by atoms with Crippen molar-refractivity contribution in [1.82, 2.24) is 9.13 Å². The van der Waals surface area contributed by atoms with Crippen molar-refractivity contribution in [3.63, 3.8) is 0 Å². The first-order valence-corrected chi connectivity index (χ1v) is 18.3. The van der Waals surface area contributed by atoms with E-state index in [9.17, 15) is 0 Å². The maximum absolute atomic E-state index is 2.46. The molecule has 51 heavy (non-hydrogen) atoms. The van der Waals surface area contributed by atoms with Gasteiger partial charge in [0.25, 0.3) is 0 Å². The Morgan fingerprint density at radius 2 is 0.902 bits per heavy atom. The van der Waals surface area contributed by atoms with Gasteiger partial charge in [0, 0.05) is 58.7 Å². The average Bonchev–Trinajstić information content (AvgIpc) is 3.86. The number of hydrogen-bond acceptors (Lipinski definition) is 1. The minimum absolute atomic E-state index is 1.16. The Hall–Kier alpha value is -6.42. The Kier molecular flexibility index (Phi) is 6.16. The second-order valence-corrected chi connectivity index (χ2v) is 14.4. The lowest BCUT2D eigenvalue weighted by Crippen LogP contribution is -1.95. The minimum Gasteiger partial charge on any atom is -0.309 e. The van der Waals surface area contributed by atoms with Gasteiger partial charge >= 0.3 is 0 Å². The van der Waals surface area contributed by atoms with Gasteiger partial charge in [0.05, 0.1) is 22.1 Å². The van der Waals surface area contributed by atoms with E-state index in [1.807, 2.05) is 11.3 Å². The van der Waals surface area contributed by atoms with E-state index >= 15 is 0 Å². The number of fused-ring (bicyclic) bond motifs is 9. The van der Waals surface area contributed by atoms with Crippen LogP contribution in [0.25, 0.3) is 97.4 Å². The molecule has 0 spiro atoms. The van der Waals surface area contributed by atoms with Crippen LogP contribution in [0.2, 0.25) is 0 Å². The second-order valence-electron chi connectivity index (χ2n) is 13.3. The van der Waals surface area contributed by atoms with Crippen LogP contribution in [0.15, 0.2) is 182 Å². The fourth-order valence-electron chi connectivity index (χ4n) is 8.42. The van der Waals surface area contributed by atoms with Crippen molar-refractivity contribution >= 4 is 75.1 Å². The molecule has 8 aromatic carbocycles. The molecular formula is C48H30N2S. The van der Waals surface area contributed by atoms with Crippen LogP contribution in [0.3, 0.4) is 0 Å². The Balaban J connectivity index is 1.28. The molecule has 3 heteroatoms. The van der Waals surface area contributed by atoms with Crippen molar-refractivity contribution in [3.05, 3.63) is 182 Å². The highest BCUT2D eigenvalue weighted by atomic mass is 32.1. The van der Waals surface area contributed by atoms with Crippen molar-refractivity contribution in [2.45, 2.75) is 0 Å². The van der Waals surface area contributed by atoms with E-state index in [4.69, 9.17) is 0 Å². The highest BCUT2D eigenvalue weighted by Gasteiger charge is 2.22. The van der Waals surface area contributed by atoms with Gasteiger partial charge in [0.1, 0.15) is 0 Å². The van der Waals surface area contributed by atoms with Gasteiger partial charge in [-0.25, -0.2) is 0 Å². The summed E-state index contributed by atoms with van der Waals surface area (Å²) in [6.45, 7) is 0. The first-order chi connectivity index (χ1) is 25.3. The van der Waals surface area contributed by atoms with Gasteiger partial charge < -0.3 is 9.13 Å². The molecule has 0 atom stereocenters. The molecule has 0 fully saturated rings. The normalized spacial score (nSPS) is 11.9. The van der Waals surface area contributed by atoms with E-state index < -0.39 is 0 Å². The molecule has 0 aliphatic rings. The highest BCUT2D eigenvalue weighted by molar-refractivity contribution is 7.26. The predicted molar refractivity (Wildman–Crippen MR) is 219 cm³/mol. The fourth-order valence-corrected chi connectivity index (χ4v) is 9.59. The number of hydrogen-bond donors (Lipinski definition) is 0. The van der Waals surface area contributed by atoms with Crippen LogP contribution >= 0.6 is 11.3 Å². The SMILES string of the molecule is c1ccc(-n2c3ccccc3c3c(-c4cc(-c5cccc6c7ccccc7n(-c7ccccc7)c56)c5c(c4)sc4ccccc45)cccc32)cc1. The zero-order valence-corrected chi connectivity index (χ0v) is 28.4. The standard InChI is InChI=1S/C48H30N2S/c1-3-15-32(16-4-1)49-42-26-11-8-20-38(42)46-34(22-14-27-43(46)49)31-29-40(47-39-21-9-12-28-44(39)51-45(47)30-31)37-24-13-23-36-35-19-7-10-25-41(35)50(48(36)37)33-17-5-2-6-18-33/h1-30H. The average molecular weight is 667 g/mol. The van der Waals surface area contributed by atoms with Crippen LogP contribution in [0, 0.1) is 0 Å². The number of benzene rings is 8. The molecule has 0 N–H and O–H groups in total. The van der Waals surface area contributed by atoms with Crippen LogP contribution in [0.1, 0.15) is 0 Å². The van der Waals surface area contributed by atoms with Crippen LogP contribution in [-0.2, 0) is 0 Å². The first kappa shape index (κ1) is 28.4. The van der Waals surface area contributed by atoms with Gasteiger partial charge in [-0.1, -0.05) is 121 Å². The predicted octanol–water partition coefficient (Wildman–Crippen LogP) is 13.6. The largest absolute Gasteiger partial charge is 0.309 e. The summed E-state index contributed by atoms with van der Waals surface area (Å²) in [6.07, 6.45) is 0. The number of thiophene rings is 1. The third kappa shape index (κ3) is 4.16. The molecule has 0 saturated heterocycles. The Morgan fingerprint density at radius 1 is 0.333 bits per heavy atom. The van der Waals surface area contributed by atoms with E-state index in [1.165, 1.54) is 91.7 Å². The summed E-state index contributed by atoms with van der Waals surface area (Å²) in [5.41, 5.74) is 12.2. The van der Waals surface area contributed by atoms with Crippen molar-refractivity contribution in [2.75, 3.05) is 0 Å². The molecule has 238 valence electrons. The molecule has 0 unspecified atom stereocenters. The Morgan fingerprint density at radius 3 is 1.69 bits per heavy atom. The van der Waals surface area contributed by atoms with Crippen molar-refractivity contribution in [1.29, 1.82) is 0 Å². The number of para-hydroxylation sites is 5. The third-order valence-electron chi connectivity index (χ3n) is 10.5. The van der Waals surface area contributed by atoms with E-state index in [0.717, 1.165) is 5.69 Å². The summed E-state index contributed by atoms with van der Waals surface area (Å²) < 4.78 is 7.47. The third-order valence-corrected chi connectivity index (χ3v) is 11.6. The molecule has 3 heterocycles. The summed E-state index contributed by atoms with van der Waals surface area (Å²) in [6, 6.07) is 66.6. The summed E-state index contributed by atoms with van der Waals surface area (Å²) >= 11 is 1.89. The summed E-state index contributed by atoms with van der Waals surface area (Å²) in [5.74, 6) is 0. The molecular weight excluding hydrogens is 637 g/mol. The number of aromatic nitrogens is 2. The minimum atomic E-state index is 1.16. The lowest BCUT2D eigenvalue weighted by molar-refractivity contribution is 1.18. The number of nitrogens with zero attached hydrogens (tertiary/aromatic N) is 2. The van der Waals surface area contributed by atoms with Gasteiger partial charge in [-0.15, -0.1) is 11.3 Å². The van der Waals surface area contributed by atoms with Crippen molar-refractivity contribution in [2.24, 2.45) is 0 Å². The lowest BCUT2D eigenvalue weighted by atomic mass is 9.92. The van der Waals surface area contributed by atoms with E-state index in [2.05, 4.69) is 191 Å². The fraction of sp³-hybridized carbons (Fsp3) is 0. The van der Waals surface area contributed by atoms with Gasteiger partial charge in [-0.3, -0.25) is 0 Å². The zero-order chi connectivity index (χ0) is 33.5. The van der Waals surface area contributed by atoms with Crippen molar-refractivity contribution in [3.8, 4) is 33.6 Å². The quantitative estimate of drug-likeness (QED) is 0.177. The summed E-state index contributed by atoms with van der Waals surface area (Å²) in [7, 11) is 0.